The zero-order valence-electron chi connectivity index (χ0n) is 13.0. The lowest BCUT2D eigenvalue weighted by molar-refractivity contribution is -0.111. The summed E-state index contributed by atoms with van der Waals surface area (Å²) >= 11 is 0. The van der Waals surface area contributed by atoms with Gasteiger partial charge in [-0.2, -0.15) is 13.9 Å². The lowest BCUT2D eigenvalue weighted by Gasteiger charge is -2.06. The van der Waals surface area contributed by atoms with Crippen molar-refractivity contribution in [2.24, 2.45) is 7.05 Å². The Hall–Kier alpha value is -2.70. The number of anilines is 1. The molecule has 2 rings (SSSR count). The number of hydrogen-bond acceptors (Lipinski definition) is 3. The third-order valence-electron chi connectivity index (χ3n) is 3.31. The number of amides is 1. The van der Waals surface area contributed by atoms with Crippen molar-refractivity contribution in [3.8, 4) is 5.75 Å². The predicted octanol–water partition coefficient (Wildman–Crippen LogP) is 3.29. The Bertz CT molecular complexity index is 722. The van der Waals surface area contributed by atoms with Crippen LogP contribution in [-0.4, -0.2) is 22.3 Å². The van der Waals surface area contributed by atoms with Gasteiger partial charge in [0.1, 0.15) is 5.75 Å². The van der Waals surface area contributed by atoms with Crippen LogP contribution in [0.5, 0.6) is 5.75 Å². The summed E-state index contributed by atoms with van der Waals surface area (Å²) in [7, 11) is 1.84. The van der Waals surface area contributed by atoms with E-state index in [1.54, 1.807) is 10.8 Å². The topological polar surface area (TPSA) is 56.2 Å². The molecule has 0 aliphatic carbocycles. The molecule has 0 aliphatic rings. The number of nitrogens with zero attached hydrogens (tertiary/aromatic N) is 2. The molecule has 1 heterocycles. The lowest BCUT2D eigenvalue weighted by atomic mass is 10.2. The van der Waals surface area contributed by atoms with Crippen LogP contribution in [0.2, 0.25) is 0 Å². The maximum atomic E-state index is 12.1. The van der Waals surface area contributed by atoms with E-state index >= 15 is 0 Å². The molecule has 7 heteroatoms. The first-order valence-corrected chi connectivity index (χ1v) is 6.91. The summed E-state index contributed by atoms with van der Waals surface area (Å²) < 4.78 is 30.1. The van der Waals surface area contributed by atoms with Gasteiger partial charge in [-0.3, -0.25) is 9.48 Å². The minimum absolute atomic E-state index is 0.0372. The maximum Gasteiger partial charge on any atom is 0.387 e. The van der Waals surface area contributed by atoms with E-state index < -0.39 is 6.61 Å². The van der Waals surface area contributed by atoms with Crippen LogP contribution in [0.4, 0.5) is 14.5 Å². The zero-order valence-corrected chi connectivity index (χ0v) is 13.0. The van der Waals surface area contributed by atoms with Crippen LogP contribution in [-0.2, 0) is 11.8 Å². The Kier molecular flexibility index (Phi) is 5.10. The van der Waals surface area contributed by atoms with Crippen molar-refractivity contribution in [3.05, 3.63) is 47.3 Å². The number of benzene rings is 1. The third-order valence-corrected chi connectivity index (χ3v) is 3.31. The van der Waals surface area contributed by atoms with E-state index in [1.807, 2.05) is 20.9 Å². The summed E-state index contributed by atoms with van der Waals surface area (Å²) in [6.45, 7) is 0.912. The summed E-state index contributed by atoms with van der Waals surface area (Å²) in [6, 6.07) is 5.70. The zero-order chi connectivity index (χ0) is 17.0. The fourth-order valence-electron chi connectivity index (χ4n) is 2.09. The normalized spacial score (nSPS) is 11.2. The monoisotopic (exact) mass is 321 g/mol. The van der Waals surface area contributed by atoms with E-state index in [1.165, 1.54) is 30.3 Å². The van der Waals surface area contributed by atoms with Gasteiger partial charge in [-0.15, -0.1) is 0 Å². The maximum absolute atomic E-state index is 12.1. The first kappa shape index (κ1) is 16.7. The highest BCUT2D eigenvalue weighted by molar-refractivity contribution is 6.02. The second-order valence-electron chi connectivity index (χ2n) is 4.93. The molecule has 23 heavy (non-hydrogen) atoms. The molecule has 0 spiro atoms. The van der Waals surface area contributed by atoms with E-state index in [-0.39, 0.29) is 11.7 Å². The standard InChI is InChI=1S/C16H17F2N3O2/c1-10-14(11(2)21(3)20-10)8-9-15(22)19-12-4-6-13(7-5-12)23-16(17)18/h4-9,16H,1-3H3,(H,19,22)/b9-8+. The van der Waals surface area contributed by atoms with Crippen LogP contribution in [0.15, 0.2) is 30.3 Å². The Labute approximate surface area is 132 Å². The van der Waals surface area contributed by atoms with Gasteiger partial charge < -0.3 is 10.1 Å². The molecule has 1 aromatic carbocycles. The summed E-state index contributed by atoms with van der Waals surface area (Å²) in [4.78, 5) is 11.9. The van der Waals surface area contributed by atoms with Gasteiger partial charge in [0.25, 0.3) is 0 Å². The second-order valence-corrected chi connectivity index (χ2v) is 4.93. The fraction of sp³-hybridized carbons (Fsp3) is 0.250. The number of carbonyl (C=O) groups excluding carboxylic acids is 1. The van der Waals surface area contributed by atoms with E-state index in [2.05, 4.69) is 15.2 Å². The highest BCUT2D eigenvalue weighted by atomic mass is 19.3. The third kappa shape index (κ3) is 4.38. The Morgan fingerprint density at radius 1 is 1.30 bits per heavy atom. The number of halogens is 2. The van der Waals surface area contributed by atoms with Crippen LogP contribution in [0, 0.1) is 13.8 Å². The molecule has 1 aromatic heterocycles. The number of aryl methyl sites for hydroxylation is 2. The van der Waals surface area contributed by atoms with Gasteiger partial charge in [-0.05, 0) is 44.2 Å². The largest absolute Gasteiger partial charge is 0.435 e. The van der Waals surface area contributed by atoms with Gasteiger partial charge in [-0.25, -0.2) is 0 Å². The van der Waals surface area contributed by atoms with E-state index in [4.69, 9.17) is 0 Å². The van der Waals surface area contributed by atoms with Gasteiger partial charge in [0.2, 0.25) is 5.91 Å². The van der Waals surface area contributed by atoms with Crippen molar-refractivity contribution in [3.63, 3.8) is 0 Å². The van der Waals surface area contributed by atoms with Crippen molar-refractivity contribution in [1.82, 2.24) is 9.78 Å². The first-order chi connectivity index (χ1) is 10.9. The van der Waals surface area contributed by atoms with Crippen LogP contribution >= 0.6 is 0 Å². The number of rotatable bonds is 5. The molecule has 0 saturated carbocycles. The average Bonchev–Trinajstić information content (AvgIpc) is 2.72. The number of aromatic nitrogens is 2. The number of carbonyl (C=O) groups is 1. The molecule has 0 atom stereocenters. The highest BCUT2D eigenvalue weighted by Gasteiger charge is 2.07. The summed E-state index contributed by atoms with van der Waals surface area (Å²) in [6.07, 6.45) is 3.10. The van der Waals surface area contributed by atoms with Gasteiger partial charge >= 0.3 is 6.61 Å². The SMILES string of the molecule is Cc1nn(C)c(C)c1/C=C/C(=O)Nc1ccc(OC(F)F)cc1. The summed E-state index contributed by atoms with van der Waals surface area (Å²) in [5.74, 6) is -0.287. The molecule has 5 nitrogen and oxygen atoms in total. The molecular weight excluding hydrogens is 304 g/mol. The van der Waals surface area contributed by atoms with E-state index in [0.717, 1.165) is 17.0 Å². The molecule has 0 radical (unpaired) electrons. The van der Waals surface area contributed by atoms with E-state index in [0.29, 0.717) is 5.69 Å². The van der Waals surface area contributed by atoms with Crippen molar-refractivity contribution in [2.45, 2.75) is 20.5 Å². The average molecular weight is 321 g/mol. The molecule has 1 N–H and O–H groups in total. The van der Waals surface area contributed by atoms with Crippen molar-refractivity contribution >= 4 is 17.7 Å². The highest BCUT2D eigenvalue weighted by Crippen LogP contribution is 2.18. The number of alkyl halides is 2. The first-order valence-electron chi connectivity index (χ1n) is 6.91. The molecule has 1 amide bonds. The smallest absolute Gasteiger partial charge is 0.387 e. The minimum Gasteiger partial charge on any atom is -0.435 e. The van der Waals surface area contributed by atoms with Gasteiger partial charge in [0, 0.05) is 30.1 Å². The Balaban J connectivity index is 2.00. The van der Waals surface area contributed by atoms with Gasteiger partial charge in [0.05, 0.1) is 5.69 Å². The van der Waals surface area contributed by atoms with Crippen LogP contribution in [0.25, 0.3) is 6.08 Å². The predicted molar refractivity (Wildman–Crippen MR) is 83.4 cm³/mol. The Morgan fingerprint density at radius 2 is 1.96 bits per heavy atom. The van der Waals surface area contributed by atoms with Crippen LogP contribution in [0.3, 0.4) is 0 Å². The van der Waals surface area contributed by atoms with Gasteiger partial charge in [-0.1, -0.05) is 0 Å². The van der Waals surface area contributed by atoms with Crippen molar-refractivity contribution in [2.75, 3.05) is 5.32 Å². The molecule has 0 bridgehead atoms. The number of nitrogens with one attached hydrogen (secondary N) is 1. The van der Waals surface area contributed by atoms with Crippen LogP contribution < -0.4 is 10.1 Å². The summed E-state index contributed by atoms with van der Waals surface area (Å²) in [5.41, 5.74) is 3.17. The number of ether oxygens (including phenoxy) is 1. The molecule has 2 aromatic rings. The molecular formula is C16H17F2N3O2. The van der Waals surface area contributed by atoms with Crippen molar-refractivity contribution < 1.29 is 18.3 Å². The molecule has 0 aliphatic heterocycles. The second kappa shape index (κ2) is 7.04. The molecule has 0 fully saturated rings. The molecule has 0 unspecified atom stereocenters. The van der Waals surface area contributed by atoms with Crippen LogP contribution in [0.1, 0.15) is 17.0 Å². The fourth-order valence-corrected chi connectivity index (χ4v) is 2.09. The quantitative estimate of drug-likeness (QED) is 0.860. The van der Waals surface area contributed by atoms with Gasteiger partial charge in [0.15, 0.2) is 0 Å². The lowest BCUT2D eigenvalue weighted by Crippen LogP contribution is -2.08. The summed E-state index contributed by atoms with van der Waals surface area (Å²) in [5, 5.41) is 6.91. The van der Waals surface area contributed by atoms with E-state index in [9.17, 15) is 13.6 Å². The number of hydrogen-bond donors (Lipinski definition) is 1. The van der Waals surface area contributed by atoms with Crippen molar-refractivity contribution in [1.29, 1.82) is 0 Å². The molecule has 122 valence electrons. The molecule has 0 saturated heterocycles. The Morgan fingerprint density at radius 3 is 2.48 bits per heavy atom. The minimum atomic E-state index is -2.87.